The second-order valence-electron chi connectivity index (χ2n) is 11.5. The van der Waals surface area contributed by atoms with Crippen LogP contribution in [0.1, 0.15) is 56.7 Å². The van der Waals surface area contributed by atoms with Crippen LogP contribution >= 0.6 is 0 Å². The first kappa shape index (κ1) is 34.4. The molecule has 0 radical (unpaired) electrons. The number of benzene rings is 2. The van der Waals surface area contributed by atoms with Gasteiger partial charge >= 0.3 is 12.3 Å². The number of amides is 3. The third-order valence-corrected chi connectivity index (χ3v) is 8.72. The van der Waals surface area contributed by atoms with Crippen molar-refractivity contribution in [2.75, 3.05) is 37.5 Å². The summed E-state index contributed by atoms with van der Waals surface area (Å²) in [6.45, 7) is 4.22. The summed E-state index contributed by atoms with van der Waals surface area (Å²) in [6, 6.07) is 12.1. The number of methoxy groups -OCH3 is 1. The van der Waals surface area contributed by atoms with Gasteiger partial charge in [-0.1, -0.05) is 31.2 Å². The van der Waals surface area contributed by atoms with Gasteiger partial charge in [0.2, 0.25) is 11.8 Å². The van der Waals surface area contributed by atoms with Gasteiger partial charge in [0.1, 0.15) is 12.6 Å². The maximum Gasteiger partial charge on any atom is 0.416 e. The van der Waals surface area contributed by atoms with E-state index in [2.05, 4.69) is 38.6 Å². The lowest BCUT2D eigenvalue weighted by molar-refractivity contribution is -0.137. The van der Waals surface area contributed by atoms with E-state index in [1.807, 2.05) is 38.3 Å². The molecule has 46 heavy (non-hydrogen) atoms. The van der Waals surface area contributed by atoms with E-state index in [0.717, 1.165) is 36.2 Å². The Morgan fingerprint density at radius 2 is 1.74 bits per heavy atom. The smallest absolute Gasteiger partial charge is 0.416 e. The van der Waals surface area contributed by atoms with Crippen LogP contribution in [0.3, 0.4) is 0 Å². The lowest BCUT2D eigenvalue weighted by Gasteiger charge is -2.35. The number of alkyl halides is 3. The largest absolute Gasteiger partial charge is 0.453 e. The zero-order valence-corrected chi connectivity index (χ0v) is 26.6. The van der Waals surface area contributed by atoms with Gasteiger partial charge in [-0.15, -0.1) is 0 Å². The molecule has 12 heteroatoms. The van der Waals surface area contributed by atoms with Gasteiger partial charge in [0.15, 0.2) is 0 Å². The minimum absolute atomic E-state index is 0.0480. The Balaban J connectivity index is 1.51. The fourth-order valence-corrected chi connectivity index (χ4v) is 6.26. The Labute approximate surface area is 267 Å². The molecule has 3 amide bonds. The number of likely N-dealkylation sites (N-methyl/N-ethyl adjacent to an activating group) is 1. The van der Waals surface area contributed by atoms with Crippen LogP contribution in [0.4, 0.5) is 29.3 Å². The molecular formula is C34H42F3N5O4. The monoisotopic (exact) mass is 641 g/mol. The number of carbonyl (C=O) groups is 3. The Morgan fingerprint density at radius 1 is 1.04 bits per heavy atom. The summed E-state index contributed by atoms with van der Waals surface area (Å²) in [5, 5.41) is 8.40. The number of ether oxygens (including phenoxy) is 1. The number of hydrogen-bond acceptors (Lipinski definition) is 6. The van der Waals surface area contributed by atoms with Crippen LogP contribution in [0.2, 0.25) is 0 Å². The molecule has 248 valence electrons. The molecule has 2 heterocycles. The van der Waals surface area contributed by atoms with E-state index < -0.39 is 23.9 Å². The summed E-state index contributed by atoms with van der Waals surface area (Å²) in [5.41, 5.74) is 2.55. The Hall–Kier alpha value is -4.48. The molecule has 4 rings (SSSR count). The average Bonchev–Trinajstić information content (AvgIpc) is 3.72. The Morgan fingerprint density at radius 3 is 2.35 bits per heavy atom. The number of rotatable bonds is 10. The standard InChI is InChI=1S/C34H42F3N5O4/c1-5-25(38-3)13-8-22(2)28-18-19-29(42(28)27-16-11-24(12-17-27)34(35,36)37)23-9-14-26(15-10-23)40-32(44)30-7-6-20-41(30)31(43)21-39-33(45)46-4/h5,8-17,22,28-30,38H,6-7,18-21H2,1-4H3,(H,39,45)(H,40,44)/b13-8-,25-5?/t22?,28?,29-,30+/m1/s1. The predicted molar refractivity (Wildman–Crippen MR) is 171 cm³/mol. The normalized spacial score (nSPS) is 20.9. The molecule has 2 saturated heterocycles. The number of hydrogen-bond donors (Lipinski definition) is 3. The van der Waals surface area contributed by atoms with Gasteiger partial charge in [-0.3, -0.25) is 9.59 Å². The van der Waals surface area contributed by atoms with Crippen LogP contribution in [-0.4, -0.2) is 62.1 Å². The number of nitrogens with zero attached hydrogens (tertiary/aromatic N) is 2. The average molecular weight is 642 g/mol. The van der Waals surface area contributed by atoms with Crippen LogP contribution in [0.5, 0.6) is 0 Å². The molecule has 9 nitrogen and oxygen atoms in total. The maximum atomic E-state index is 13.3. The zero-order valence-electron chi connectivity index (χ0n) is 26.6. The van der Waals surface area contributed by atoms with E-state index in [1.165, 1.54) is 12.0 Å². The molecule has 2 aromatic carbocycles. The van der Waals surface area contributed by atoms with Crippen molar-refractivity contribution in [3.63, 3.8) is 0 Å². The molecule has 0 spiro atoms. The van der Waals surface area contributed by atoms with Crippen molar-refractivity contribution in [2.24, 2.45) is 5.92 Å². The molecule has 2 aliphatic rings. The highest BCUT2D eigenvalue weighted by Crippen LogP contribution is 2.43. The van der Waals surface area contributed by atoms with Crippen molar-refractivity contribution in [1.29, 1.82) is 0 Å². The summed E-state index contributed by atoms with van der Waals surface area (Å²) >= 11 is 0. The molecule has 0 aliphatic carbocycles. The van der Waals surface area contributed by atoms with E-state index >= 15 is 0 Å². The third kappa shape index (κ3) is 8.21. The highest BCUT2D eigenvalue weighted by atomic mass is 19.4. The zero-order chi connectivity index (χ0) is 33.4. The van der Waals surface area contributed by atoms with Gasteiger partial charge in [-0.25, -0.2) is 4.79 Å². The molecule has 3 N–H and O–H groups in total. The number of nitrogens with one attached hydrogen (secondary N) is 3. The quantitative estimate of drug-likeness (QED) is 0.275. The van der Waals surface area contributed by atoms with E-state index in [-0.39, 0.29) is 36.4 Å². The van der Waals surface area contributed by atoms with Gasteiger partial charge in [-0.05, 0) is 86.6 Å². The fourth-order valence-electron chi connectivity index (χ4n) is 6.26. The van der Waals surface area contributed by atoms with E-state index in [4.69, 9.17) is 0 Å². The van der Waals surface area contributed by atoms with E-state index in [0.29, 0.717) is 30.8 Å². The molecule has 2 unspecified atom stereocenters. The third-order valence-electron chi connectivity index (χ3n) is 8.72. The lowest BCUT2D eigenvalue weighted by Crippen LogP contribution is -2.47. The second kappa shape index (κ2) is 15.2. The molecular weight excluding hydrogens is 599 g/mol. The number of anilines is 2. The van der Waals surface area contributed by atoms with Crippen LogP contribution in [0, 0.1) is 5.92 Å². The number of allylic oxidation sites excluding steroid dienone is 2. The molecule has 0 saturated carbocycles. The minimum Gasteiger partial charge on any atom is -0.453 e. The van der Waals surface area contributed by atoms with Gasteiger partial charge in [0, 0.05) is 36.7 Å². The fraction of sp³-hybridized carbons (Fsp3) is 0.441. The predicted octanol–water partition coefficient (Wildman–Crippen LogP) is 6.02. The lowest BCUT2D eigenvalue weighted by atomic mass is 9.98. The Bertz CT molecular complexity index is 1430. The molecule has 2 fully saturated rings. The van der Waals surface area contributed by atoms with E-state index in [9.17, 15) is 27.6 Å². The number of likely N-dealkylation sites (tertiary alicyclic amines) is 1. The van der Waals surface area contributed by atoms with Crippen molar-refractivity contribution >= 4 is 29.3 Å². The highest BCUT2D eigenvalue weighted by Gasteiger charge is 2.38. The van der Waals surface area contributed by atoms with Gasteiger partial charge in [-0.2, -0.15) is 13.2 Å². The van der Waals surface area contributed by atoms with Crippen molar-refractivity contribution < 1.29 is 32.3 Å². The van der Waals surface area contributed by atoms with Gasteiger partial charge in [0.25, 0.3) is 0 Å². The second-order valence-corrected chi connectivity index (χ2v) is 11.5. The number of alkyl carbamates (subject to hydrolysis) is 1. The van der Waals surface area contributed by atoms with Gasteiger partial charge in [0.05, 0.1) is 18.7 Å². The molecule has 2 aliphatic heterocycles. The molecule has 4 atom stereocenters. The van der Waals surface area contributed by atoms with Crippen LogP contribution in [0.15, 0.2) is 72.5 Å². The first-order valence-corrected chi connectivity index (χ1v) is 15.5. The number of carbonyl (C=O) groups excluding carboxylic acids is 3. The van der Waals surface area contributed by atoms with Gasteiger partial charge < -0.3 is 30.5 Å². The summed E-state index contributed by atoms with van der Waals surface area (Å²) in [7, 11) is 3.06. The van der Waals surface area contributed by atoms with Crippen LogP contribution in [0.25, 0.3) is 0 Å². The van der Waals surface area contributed by atoms with Crippen LogP contribution < -0.4 is 20.9 Å². The molecule has 2 aromatic rings. The number of halogens is 3. The van der Waals surface area contributed by atoms with Crippen molar-refractivity contribution in [3.05, 3.63) is 83.6 Å². The summed E-state index contributed by atoms with van der Waals surface area (Å²) in [4.78, 5) is 40.8. The van der Waals surface area contributed by atoms with Crippen molar-refractivity contribution in [3.8, 4) is 0 Å². The first-order chi connectivity index (χ1) is 22.0. The van der Waals surface area contributed by atoms with E-state index in [1.54, 1.807) is 24.3 Å². The summed E-state index contributed by atoms with van der Waals surface area (Å²) in [6.07, 6.45) is 3.80. The molecule has 0 aromatic heterocycles. The summed E-state index contributed by atoms with van der Waals surface area (Å²) < 4.78 is 44.6. The first-order valence-electron chi connectivity index (χ1n) is 15.5. The van der Waals surface area contributed by atoms with Crippen molar-refractivity contribution in [1.82, 2.24) is 15.5 Å². The SMILES string of the molecule is CC=C(/C=C\C(C)C1CC[C@H](c2ccc(NC(=O)[C@@H]3CCCN3C(=O)CNC(=O)OC)cc2)N1c1ccc(C(F)(F)F)cc1)NC. The minimum atomic E-state index is -4.42. The molecule has 0 bridgehead atoms. The maximum absolute atomic E-state index is 13.3. The summed E-state index contributed by atoms with van der Waals surface area (Å²) in [5.74, 6) is -0.574. The Kier molecular flexibility index (Phi) is 11.4. The highest BCUT2D eigenvalue weighted by molar-refractivity contribution is 5.98. The van der Waals surface area contributed by atoms with Crippen molar-refractivity contribution in [2.45, 2.75) is 63.8 Å². The topological polar surface area (TPSA) is 103 Å². The van der Waals surface area contributed by atoms with Crippen LogP contribution in [-0.2, 0) is 20.5 Å².